The lowest BCUT2D eigenvalue weighted by Gasteiger charge is -2.18. The first-order valence-corrected chi connectivity index (χ1v) is 11.1. The molecule has 0 aromatic carbocycles. The Balaban J connectivity index is 1.81. The summed E-state index contributed by atoms with van der Waals surface area (Å²) in [5.41, 5.74) is 0. The van der Waals surface area contributed by atoms with E-state index in [0.29, 0.717) is 12.8 Å². The Morgan fingerprint density at radius 2 is 2.19 bits per heavy atom. The molecule has 0 spiro atoms. The number of allylic oxidation sites excluding steroid dienone is 3. The fourth-order valence-corrected chi connectivity index (χ4v) is 5.20. The van der Waals surface area contributed by atoms with Crippen LogP contribution < -0.4 is 0 Å². The monoisotopic (exact) mass is 456 g/mol. The molecule has 150 valence electrons. The van der Waals surface area contributed by atoms with Gasteiger partial charge in [-0.3, -0.25) is 4.79 Å². The summed E-state index contributed by atoms with van der Waals surface area (Å²) in [5.74, 6) is -0.319. The van der Waals surface area contributed by atoms with Gasteiger partial charge in [0.25, 0.3) is 0 Å². The standard InChI is InChI=1S/C21H29BrO4S/c1-14-19(22)13-17(27-14)12-16(23)10-8-15-9-11-20(24)18(15)6-4-2-3-5-7-21(25)26/h2,4,8,10,13,15-16,18,20,23-24H,3,5-7,9,11-12H2,1H3,(H,25,26)/b4-2-,10-8+/t15-,16+,18+,20?/m0/s1. The van der Waals surface area contributed by atoms with Crippen molar-refractivity contribution in [3.05, 3.63) is 44.6 Å². The average Bonchev–Trinajstić information content (AvgIpc) is 3.10. The number of carboxylic acid groups (broad SMARTS) is 1. The molecule has 1 aromatic heterocycles. The van der Waals surface area contributed by atoms with E-state index in [1.54, 1.807) is 11.3 Å². The third-order valence-electron chi connectivity index (χ3n) is 5.08. The smallest absolute Gasteiger partial charge is 0.303 e. The molecule has 0 bridgehead atoms. The molecule has 1 aromatic rings. The molecule has 4 nitrogen and oxygen atoms in total. The lowest BCUT2D eigenvalue weighted by molar-refractivity contribution is -0.137. The van der Waals surface area contributed by atoms with Gasteiger partial charge in [0, 0.05) is 27.1 Å². The van der Waals surface area contributed by atoms with Gasteiger partial charge in [-0.1, -0.05) is 24.3 Å². The van der Waals surface area contributed by atoms with Gasteiger partial charge in [-0.25, -0.2) is 0 Å². The van der Waals surface area contributed by atoms with Gasteiger partial charge >= 0.3 is 5.97 Å². The number of thiophene rings is 1. The minimum Gasteiger partial charge on any atom is -0.481 e. The van der Waals surface area contributed by atoms with Gasteiger partial charge in [0.1, 0.15) is 0 Å². The maximum Gasteiger partial charge on any atom is 0.303 e. The van der Waals surface area contributed by atoms with Gasteiger partial charge in [0.05, 0.1) is 12.2 Å². The first-order valence-electron chi connectivity index (χ1n) is 9.53. The topological polar surface area (TPSA) is 77.8 Å². The number of aryl methyl sites for hydroxylation is 1. The summed E-state index contributed by atoms with van der Waals surface area (Å²) in [6.07, 6.45) is 11.9. The zero-order valence-corrected chi connectivity index (χ0v) is 18.1. The number of aliphatic hydroxyl groups is 2. The lowest BCUT2D eigenvalue weighted by atomic mass is 9.90. The van der Waals surface area contributed by atoms with E-state index >= 15 is 0 Å². The third-order valence-corrected chi connectivity index (χ3v) is 7.23. The van der Waals surface area contributed by atoms with Crippen molar-refractivity contribution in [1.82, 2.24) is 0 Å². The maximum atomic E-state index is 10.5. The maximum absolute atomic E-state index is 10.5. The molecule has 0 saturated heterocycles. The molecule has 4 atom stereocenters. The van der Waals surface area contributed by atoms with Crippen LogP contribution in [-0.4, -0.2) is 33.5 Å². The summed E-state index contributed by atoms with van der Waals surface area (Å²) in [6, 6.07) is 2.06. The van der Waals surface area contributed by atoms with Crippen molar-refractivity contribution in [3.8, 4) is 0 Å². The first-order chi connectivity index (χ1) is 12.9. The Morgan fingerprint density at radius 3 is 2.85 bits per heavy atom. The molecule has 1 fully saturated rings. The molecule has 1 saturated carbocycles. The summed E-state index contributed by atoms with van der Waals surface area (Å²) in [7, 11) is 0. The predicted octanol–water partition coefficient (Wildman–Crippen LogP) is 4.87. The molecule has 6 heteroatoms. The van der Waals surface area contributed by atoms with Crippen molar-refractivity contribution in [2.45, 2.75) is 64.1 Å². The van der Waals surface area contributed by atoms with Crippen LogP contribution in [0.5, 0.6) is 0 Å². The van der Waals surface area contributed by atoms with Crippen LogP contribution in [0, 0.1) is 18.8 Å². The fraction of sp³-hybridized carbons (Fsp3) is 0.571. The van der Waals surface area contributed by atoms with Crippen LogP contribution in [0.1, 0.15) is 48.3 Å². The number of carboxylic acids is 1. The van der Waals surface area contributed by atoms with Crippen LogP contribution in [0.25, 0.3) is 0 Å². The number of aliphatic hydroxyl groups excluding tert-OH is 2. The van der Waals surface area contributed by atoms with Gasteiger partial charge in [0.2, 0.25) is 0 Å². The summed E-state index contributed by atoms with van der Waals surface area (Å²) in [4.78, 5) is 12.9. The highest BCUT2D eigenvalue weighted by Gasteiger charge is 2.32. The molecule has 3 N–H and O–H groups in total. The molecule has 2 rings (SSSR count). The number of halogens is 1. The highest BCUT2D eigenvalue weighted by atomic mass is 79.9. The molecule has 1 unspecified atom stereocenters. The van der Waals surface area contributed by atoms with Gasteiger partial charge in [-0.05, 0) is 72.9 Å². The van der Waals surface area contributed by atoms with E-state index in [0.717, 1.165) is 35.0 Å². The van der Waals surface area contributed by atoms with E-state index in [9.17, 15) is 15.0 Å². The summed E-state index contributed by atoms with van der Waals surface area (Å²) < 4.78 is 1.09. The van der Waals surface area contributed by atoms with Crippen molar-refractivity contribution in [2.75, 3.05) is 0 Å². The number of hydrogen-bond donors (Lipinski definition) is 3. The third kappa shape index (κ3) is 7.53. The number of carbonyl (C=O) groups is 1. The van der Waals surface area contributed by atoms with E-state index in [1.807, 2.05) is 12.2 Å². The zero-order valence-electron chi connectivity index (χ0n) is 15.7. The van der Waals surface area contributed by atoms with Crippen molar-refractivity contribution >= 4 is 33.2 Å². The van der Waals surface area contributed by atoms with Gasteiger partial charge in [-0.15, -0.1) is 11.3 Å². The second kappa shape index (κ2) is 11.1. The van der Waals surface area contributed by atoms with Crippen LogP contribution in [0.3, 0.4) is 0 Å². The second-order valence-corrected chi connectivity index (χ2v) is 9.43. The quantitative estimate of drug-likeness (QED) is 0.346. The van der Waals surface area contributed by atoms with Crippen LogP contribution in [0.2, 0.25) is 0 Å². The predicted molar refractivity (Wildman–Crippen MR) is 113 cm³/mol. The Kier molecular flexibility index (Phi) is 9.22. The molecule has 0 radical (unpaired) electrons. The number of rotatable bonds is 10. The van der Waals surface area contributed by atoms with E-state index in [-0.39, 0.29) is 24.4 Å². The molecule has 1 aliphatic rings. The average molecular weight is 457 g/mol. The van der Waals surface area contributed by atoms with Crippen LogP contribution in [0.4, 0.5) is 0 Å². The van der Waals surface area contributed by atoms with E-state index in [4.69, 9.17) is 5.11 Å². The summed E-state index contributed by atoms with van der Waals surface area (Å²) in [6.45, 7) is 2.06. The number of aliphatic carboxylic acids is 1. The molecular formula is C21H29BrO4S. The molecule has 1 aliphatic carbocycles. The minimum absolute atomic E-state index is 0.169. The lowest BCUT2D eigenvalue weighted by Crippen LogP contribution is -2.18. The van der Waals surface area contributed by atoms with Gasteiger partial charge in [-0.2, -0.15) is 0 Å². The minimum atomic E-state index is -0.761. The highest BCUT2D eigenvalue weighted by Crippen LogP contribution is 2.36. The molecular weight excluding hydrogens is 428 g/mol. The van der Waals surface area contributed by atoms with Gasteiger partial charge < -0.3 is 15.3 Å². The molecule has 0 amide bonds. The molecule has 27 heavy (non-hydrogen) atoms. The fourth-order valence-electron chi connectivity index (χ4n) is 3.55. The van der Waals surface area contributed by atoms with Crippen molar-refractivity contribution in [3.63, 3.8) is 0 Å². The summed E-state index contributed by atoms with van der Waals surface area (Å²) >= 11 is 5.20. The Hall–Kier alpha value is -0.950. The van der Waals surface area contributed by atoms with Crippen LogP contribution in [-0.2, 0) is 11.2 Å². The molecule has 0 aliphatic heterocycles. The normalized spacial score (nSPS) is 24.2. The second-order valence-electron chi connectivity index (χ2n) is 7.24. The van der Waals surface area contributed by atoms with E-state index in [2.05, 4.69) is 41.1 Å². The van der Waals surface area contributed by atoms with Crippen molar-refractivity contribution < 1.29 is 20.1 Å². The van der Waals surface area contributed by atoms with Crippen LogP contribution in [0.15, 0.2) is 34.8 Å². The Labute approximate surface area is 173 Å². The Bertz CT molecular complexity index is 648. The first kappa shape index (κ1) is 22.3. The molecule has 1 heterocycles. The number of unbranched alkanes of at least 4 members (excludes halogenated alkanes) is 1. The van der Waals surface area contributed by atoms with Crippen molar-refractivity contribution in [1.29, 1.82) is 0 Å². The Morgan fingerprint density at radius 1 is 1.41 bits per heavy atom. The SMILES string of the molecule is Cc1sc(C[C@H](O)/C=C/[C@H]2CCC(O)[C@@H]2C/C=C\CCCC(=O)O)cc1Br. The van der Waals surface area contributed by atoms with Crippen molar-refractivity contribution in [2.24, 2.45) is 11.8 Å². The van der Waals surface area contributed by atoms with E-state index < -0.39 is 12.1 Å². The van der Waals surface area contributed by atoms with Gasteiger partial charge in [0.15, 0.2) is 0 Å². The van der Waals surface area contributed by atoms with Crippen LogP contribution >= 0.6 is 27.3 Å². The van der Waals surface area contributed by atoms with E-state index in [1.165, 1.54) is 4.88 Å². The largest absolute Gasteiger partial charge is 0.481 e. The summed E-state index contributed by atoms with van der Waals surface area (Å²) in [5, 5.41) is 29.2. The highest BCUT2D eigenvalue weighted by molar-refractivity contribution is 9.10. The zero-order chi connectivity index (χ0) is 19.8. The number of hydrogen-bond acceptors (Lipinski definition) is 4.